The van der Waals surface area contributed by atoms with Crippen molar-refractivity contribution in [3.8, 4) is 5.75 Å². The molecule has 1 atom stereocenters. The second kappa shape index (κ2) is 6.76. The first-order valence-corrected chi connectivity index (χ1v) is 7.95. The van der Waals surface area contributed by atoms with Gasteiger partial charge in [-0.1, -0.05) is 24.3 Å². The van der Waals surface area contributed by atoms with E-state index in [0.717, 1.165) is 21.5 Å². The highest BCUT2D eigenvalue weighted by Crippen LogP contribution is 2.22. The molecule has 1 heterocycles. The van der Waals surface area contributed by atoms with Crippen LogP contribution in [0, 0.1) is 0 Å². The molecule has 2 N–H and O–H groups in total. The van der Waals surface area contributed by atoms with Crippen molar-refractivity contribution >= 4 is 27.5 Å². The highest BCUT2D eigenvalue weighted by molar-refractivity contribution is 7.20. The van der Waals surface area contributed by atoms with E-state index in [-0.39, 0.29) is 12.5 Å². The summed E-state index contributed by atoms with van der Waals surface area (Å²) in [6.45, 7) is 0.126. The molecule has 0 saturated carbocycles. The van der Waals surface area contributed by atoms with E-state index in [0.29, 0.717) is 5.01 Å². The van der Waals surface area contributed by atoms with Gasteiger partial charge in [0, 0.05) is 6.54 Å². The number of carbonyl (C=O) groups is 1. The second-order valence-electron chi connectivity index (χ2n) is 4.99. The third kappa shape index (κ3) is 3.49. The SMILES string of the molecule is COc1ccc(C(O)CNC(=O)c2nc3ccccc3s2)cc1. The summed E-state index contributed by atoms with van der Waals surface area (Å²) in [6.07, 6.45) is -0.778. The molecule has 0 saturated heterocycles. The maximum Gasteiger partial charge on any atom is 0.280 e. The monoisotopic (exact) mass is 328 g/mol. The standard InChI is InChI=1S/C17H16N2O3S/c1-22-12-8-6-11(7-9-12)14(20)10-18-16(21)17-19-13-4-2-3-5-15(13)23-17/h2-9,14,20H,10H2,1H3,(H,18,21). The Morgan fingerprint density at radius 2 is 2.00 bits per heavy atom. The minimum Gasteiger partial charge on any atom is -0.497 e. The zero-order valence-electron chi connectivity index (χ0n) is 12.5. The van der Waals surface area contributed by atoms with Crippen LogP contribution in [0.3, 0.4) is 0 Å². The second-order valence-corrected chi connectivity index (χ2v) is 6.02. The van der Waals surface area contributed by atoms with Crippen LogP contribution in [0.5, 0.6) is 5.75 Å². The van der Waals surface area contributed by atoms with Gasteiger partial charge in [-0.3, -0.25) is 4.79 Å². The number of para-hydroxylation sites is 1. The van der Waals surface area contributed by atoms with Crippen molar-refractivity contribution in [1.29, 1.82) is 0 Å². The molecule has 118 valence electrons. The molecule has 1 amide bonds. The van der Waals surface area contributed by atoms with E-state index in [2.05, 4.69) is 10.3 Å². The van der Waals surface area contributed by atoms with Gasteiger partial charge in [-0.05, 0) is 29.8 Å². The lowest BCUT2D eigenvalue weighted by Crippen LogP contribution is -2.28. The molecule has 1 unspecified atom stereocenters. The first-order valence-electron chi connectivity index (χ1n) is 7.13. The smallest absolute Gasteiger partial charge is 0.280 e. The Balaban J connectivity index is 1.63. The Kier molecular flexibility index (Phi) is 4.55. The fourth-order valence-corrected chi connectivity index (χ4v) is 3.06. The molecule has 2 aromatic carbocycles. The summed E-state index contributed by atoms with van der Waals surface area (Å²) in [5.41, 5.74) is 1.52. The Morgan fingerprint density at radius 3 is 2.70 bits per heavy atom. The van der Waals surface area contributed by atoms with Crippen LogP contribution >= 0.6 is 11.3 Å². The van der Waals surface area contributed by atoms with Gasteiger partial charge in [-0.25, -0.2) is 4.98 Å². The number of aliphatic hydroxyl groups is 1. The largest absolute Gasteiger partial charge is 0.497 e. The van der Waals surface area contributed by atoms with Gasteiger partial charge < -0.3 is 15.2 Å². The lowest BCUT2D eigenvalue weighted by molar-refractivity contribution is 0.0916. The average molecular weight is 328 g/mol. The first kappa shape index (κ1) is 15.5. The van der Waals surface area contributed by atoms with Crippen molar-refractivity contribution < 1.29 is 14.6 Å². The van der Waals surface area contributed by atoms with Crippen LogP contribution in [-0.2, 0) is 0 Å². The number of carbonyl (C=O) groups excluding carboxylic acids is 1. The molecule has 3 rings (SSSR count). The predicted octanol–water partition coefficient (Wildman–Crippen LogP) is 2.77. The van der Waals surface area contributed by atoms with E-state index < -0.39 is 6.10 Å². The summed E-state index contributed by atoms with van der Waals surface area (Å²) in [5.74, 6) is 0.443. The van der Waals surface area contributed by atoms with Gasteiger partial charge in [0.2, 0.25) is 0 Å². The van der Waals surface area contributed by atoms with Crippen LogP contribution in [0.2, 0.25) is 0 Å². The molecule has 0 radical (unpaired) electrons. The molecule has 0 aliphatic carbocycles. The van der Waals surface area contributed by atoms with Crippen molar-refractivity contribution in [1.82, 2.24) is 10.3 Å². The van der Waals surface area contributed by atoms with Gasteiger partial charge >= 0.3 is 0 Å². The highest BCUT2D eigenvalue weighted by Gasteiger charge is 2.14. The molecule has 1 aromatic heterocycles. The number of aromatic nitrogens is 1. The minimum atomic E-state index is -0.778. The summed E-state index contributed by atoms with van der Waals surface area (Å²) in [6, 6.07) is 14.7. The normalized spacial score (nSPS) is 12.1. The van der Waals surface area contributed by atoms with Crippen LogP contribution < -0.4 is 10.1 Å². The van der Waals surface area contributed by atoms with E-state index in [1.54, 1.807) is 31.4 Å². The van der Waals surface area contributed by atoms with Crippen LogP contribution in [0.4, 0.5) is 0 Å². The van der Waals surface area contributed by atoms with Crippen molar-refractivity contribution in [2.24, 2.45) is 0 Å². The summed E-state index contributed by atoms with van der Waals surface area (Å²) in [5, 5.41) is 13.3. The van der Waals surface area contributed by atoms with Gasteiger partial charge in [0.1, 0.15) is 5.75 Å². The van der Waals surface area contributed by atoms with Crippen molar-refractivity contribution in [3.05, 3.63) is 59.1 Å². The number of fused-ring (bicyclic) bond motifs is 1. The number of methoxy groups -OCH3 is 1. The number of nitrogens with one attached hydrogen (secondary N) is 1. The van der Waals surface area contributed by atoms with Crippen molar-refractivity contribution in [3.63, 3.8) is 0 Å². The number of nitrogens with zero attached hydrogens (tertiary/aromatic N) is 1. The maximum atomic E-state index is 12.2. The quantitative estimate of drug-likeness (QED) is 0.755. The van der Waals surface area contributed by atoms with Crippen LogP contribution in [0.25, 0.3) is 10.2 Å². The van der Waals surface area contributed by atoms with E-state index in [1.807, 2.05) is 24.3 Å². The van der Waals surface area contributed by atoms with Crippen LogP contribution in [0.15, 0.2) is 48.5 Å². The molecule has 0 fully saturated rings. The van der Waals surface area contributed by atoms with E-state index in [4.69, 9.17) is 4.74 Å². The Hall–Kier alpha value is -2.44. The van der Waals surface area contributed by atoms with Gasteiger partial charge in [0.15, 0.2) is 5.01 Å². The number of ether oxygens (including phenoxy) is 1. The topological polar surface area (TPSA) is 71.5 Å². The molecule has 3 aromatic rings. The van der Waals surface area contributed by atoms with Gasteiger partial charge in [-0.15, -0.1) is 11.3 Å². The van der Waals surface area contributed by atoms with E-state index >= 15 is 0 Å². The van der Waals surface area contributed by atoms with Crippen LogP contribution in [-0.4, -0.2) is 29.7 Å². The minimum absolute atomic E-state index is 0.126. The van der Waals surface area contributed by atoms with Gasteiger partial charge in [-0.2, -0.15) is 0 Å². The maximum absolute atomic E-state index is 12.2. The van der Waals surface area contributed by atoms with E-state index in [1.165, 1.54) is 11.3 Å². The molecular formula is C17H16N2O3S. The number of thiazole rings is 1. The predicted molar refractivity (Wildman–Crippen MR) is 89.9 cm³/mol. The average Bonchev–Trinajstić information content (AvgIpc) is 3.03. The molecule has 0 aliphatic heterocycles. The van der Waals surface area contributed by atoms with Gasteiger partial charge in [0.25, 0.3) is 5.91 Å². The van der Waals surface area contributed by atoms with Crippen molar-refractivity contribution in [2.45, 2.75) is 6.10 Å². The molecular weight excluding hydrogens is 312 g/mol. The first-order chi connectivity index (χ1) is 11.2. The Morgan fingerprint density at radius 1 is 1.26 bits per heavy atom. The number of amides is 1. The summed E-state index contributed by atoms with van der Waals surface area (Å²) >= 11 is 1.34. The molecule has 6 heteroatoms. The molecule has 0 spiro atoms. The zero-order valence-corrected chi connectivity index (χ0v) is 13.3. The molecule has 5 nitrogen and oxygen atoms in total. The number of benzene rings is 2. The number of hydrogen-bond acceptors (Lipinski definition) is 5. The zero-order chi connectivity index (χ0) is 16.2. The molecule has 0 aliphatic rings. The molecule has 0 bridgehead atoms. The Labute approximate surface area is 137 Å². The number of aliphatic hydroxyl groups excluding tert-OH is 1. The third-order valence-corrected chi connectivity index (χ3v) is 4.48. The number of hydrogen-bond donors (Lipinski definition) is 2. The fourth-order valence-electron chi connectivity index (χ4n) is 2.18. The Bertz CT molecular complexity index is 781. The van der Waals surface area contributed by atoms with Gasteiger partial charge in [0.05, 0.1) is 23.4 Å². The summed E-state index contributed by atoms with van der Waals surface area (Å²) in [7, 11) is 1.59. The third-order valence-electron chi connectivity index (χ3n) is 3.44. The lowest BCUT2D eigenvalue weighted by atomic mass is 10.1. The van der Waals surface area contributed by atoms with E-state index in [9.17, 15) is 9.90 Å². The lowest BCUT2D eigenvalue weighted by Gasteiger charge is -2.12. The summed E-state index contributed by atoms with van der Waals surface area (Å²) < 4.78 is 6.04. The van der Waals surface area contributed by atoms with Crippen molar-refractivity contribution in [2.75, 3.05) is 13.7 Å². The van der Waals surface area contributed by atoms with Crippen LogP contribution in [0.1, 0.15) is 21.5 Å². The summed E-state index contributed by atoms with van der Waals surface area (Å²) in [4.78, 5) is 16.5. The fraction of sp³-hybridized carbons (Fsp3) is 0.176. The molecule has 23 heavy (non-hydrogen) atoms. The highest BCUT2D eigenvalue weighted by atomic mass is 32.1. The number of rotatable bonds is 5.